The molecule has 42 heavy (non-hydrogen) atoms. The van der Waals surface area contributed by atoms with Gasteiger partial charge in [0.25, 0.3) is 0 Å². The summed E-state index contributed by atoms with van der Waals surface area (Å²) < 4.78 is 22.9. The molecule has 2 aliphatic heterocycles. The first-order valence-electron chi connectivity index (χ1n) is 14.5. The number of hydrogen-bond acceptors (Lipinski definition) is 15. The molecule has 6 unspecified atom stereocenters. The minimum Gasteiger partial charge on any atom is -0.396 e. The zero-order chi connectivity index (χ0) is 31.4. The lowest BCUT2D eigenvalue weighted by molar-refractivity contribution is -0.355. The van der Waals surface area contributed by atoms with E-state index in [4.69, 9.17) is 18.9 Å². The van der Waals surface area contributed by atoms with Gasteiger partial charge in [0.1, 0.15) is 48.8 Å². The van der Waals surface area contributed by atoms with Gasteiger partial charge in [0.15, 0.2) is 12.6 Å². The molecule has 0 amide bonds. The average Bonchev–Trinajstić information content (AvgIpc) is 2.93. The highest BCUT2D eigenvalue weighted by atomic mass is 16.7. The Morgan fingerprint density at radius 2 is 1.36 bits per heavy atom. The molecule has 2 heterocycles. The molecule has 4 fully saturated rings. The lowest BCUT2D eigenvalue weighted by atomic mass is 9.49. The normalized spacial score (nSPS) is 52.1. The Kier molecular flexibility index (Phi) is 10.3. The van der Waals surface area contributed by atoms with Crippen LogP contribution in [-0.2, 0) is 18.9 Å². The fourth-order valence-electron chi connectivity index (χ4n) is 7.45. The topological polar surface area (TPSA) is 259 Å². The van der Waals surface area contributed by atoms with Gasteiger partial charge in [0.05, 0.1) is 43.2 Å². The Hall–Kier alpha value is -0.600. The molecule has 0 aromatic heterocycles. The van der Waals surface area contributed by atoms with Crippen molar-refractivity contribution in [3.63, 3.8) is 0 Å². The molecule has 2 aliphatic carbocycles. The number of ether oxygens (including phenoxy) is 4. The Balaban J connectivity index is 1.57. The van der Waals surface area contributed by atoms with Gasteiger partial charge in [-0.1, -0.05) is 0 Å². The molecule has 0 spiro atoms. The molecule has 0 aromatic carbocycles. The standard InChI is InChI=1S/C27H48O15/c1-25(2,37)11-4-7-27(10-29)14(30)5-6-26(3,38)22(27)21(11)42-24-20(36)18(34)16(32)13(41-24)9-39-23-19(35)17(33)15(31)12(8-28)40-23/h11-24,28-38H,4-10H2,1-3H3/t11?,12-,13-,14?,15-,16-,17+,18+,19-,20-,21?,22?,23-,24+,26?,27?/m1/s1. The summed E-state index contributed by atoms with van der Waals surface area (Å²) in [7, 11) is 0. The van der Waals surface area contributed by atoms with Crippen LogP contribution in [0.4, 0.5) is 0 Å². The summed E-state index contributed by atoms with van der Waals surface area (Å²) in [5.74, 6) is -1.59. The molecule has 4 aliphatic rings. The van der Waals surface area contributed by atoms with Gasteiger partial charge in [-0.05, 0) is 46.5 Å². The fraction of sp³-hybridized carbons (Fsp3) is 1.00. The van der Waals surface area contributed by atoms with Crippen molar-refractivity contribution in [2.24, 2.45) is 17.3 Å². The molecule has 0 aromatic rings. The molecule has 2 saturated carbocycles. The van der Waals surface area contributed by atoms with Crippen molar-refractivity contribution in [3.8, 4) is 0 Å². The zero-order valence-electron chi connectivity index (χ0n) is 24.1. The van der Waals surface area contributed by atoms with E-state index in [1.54, 1.807) is 20.8 Å². The van der Waals surface area contributed by atoms with Crippen LogP contribution in [-0.4, -0.2) is 161 Å². The monoisotopic (exact) mass is 612 g/mol. The first-order valence-corrected chi connectivity index (χ1v) is 14.5. The minimum absolute atomic E-state index is 0.171. The van der Waals surface area contributed by atoms with Crippen LogP contribution in [0.15, 0.2) is 0 Å². The lowest BCUT2D eigenvalue weighted by Crippen LogP contribution is -2.69. The predicted octanol–water partition coefficient (Wildman–Crippen LogP) is -4.32. The van der Waals surface area contributed by atoms with Crippen molar-refractivity contribution in [2.45, 2.75) is 131 Å². The molecule has 2 saturated heterocycles. The second-order valence-electron chi connectivity index (χ2n) is 13.2. The van der Waals surface area contributed by atoms with Crippen LogP contribution >= 0.6 is 0 Å². The molecule has 15 nitrogen and oxygen atoms in total. The molecule has 4 rings (SSSR count). The van der Waals surface area contributed by atoms with Gasteiger partial charge in [0.2, 0.25) is 0 Å². The van der Waals surface area contributed by atoms with E-state index in [0.29, 0.717) is 0 Å². The summed E-state index contributed by atoms with van der Waals surface area (Å²) in [5.41, 5.74) is -4.01. The molecular weight excluding hydrogens is 564 g/mol. The number of rotatable bonds is 8. The van der Waals surface area contributed by atoms with Crippen LogP contribution in [0, 0.1) is 17.3 Å². The summed E-state index contributed by atoms with van der Waals surface area (Å²) in [6.07, 6.45) is -17.3. The van der Waals surface area contributed by atoms with Gasteiger partial charge < -0.3 is 75.1 Å². The highest BCUT2D eigenvalue weighted by Crippen LogP contribution is 2.58. The smallest absolute Gasteiger partial charge is 0.186 e. The third kappa shape index (κ3) is 6.12. The van der Waals surface area contributed by atoms with E-state index in [2.05, 4.69) is 0 Å². The first-order chi connectivity index (χ1) is 19.5. The number of hydrogen-bond donors (Lipinski definition) is 11. The van der Waals surface area contributed by atoms with Gasteiger partial charge in [0, 0.05) is 17.3 Å². The number of aliphatic hydroxyl groups excluding tert-OH is 9. The second-order valence-corrected chi connectivity index (χ2v) is 13.2. The molecule has 16 atom stereocenters. The first kappa shape index (κ1) is 34.3. The molecule has 246 valence electrons. The highest BCUT2D eigenvalue weighted by molar-refractivity contribution is 5.12. The van der Waals surface area contributed by atoms with Crippen LogP contribution in [0.2, 0.25) is 0 Å². The molecule has 0 bridgehead atoms. The maximum absolute atomic E-state index is 11.5. The van der Waals surface area contributed by atoms with Gasteiger partial charge in [-0.2, -0.15) is 0 Å². The maximum Gasteiger partial charge on any atom is 0.186 e. The maximum atomic E-state index is 11.5. The van der Waals surface area contributed by atoms with Crippen molar-refractivity contribution < 1.29 is 75.1 Å². The Morgan fingerprint density at radius 1 is 0.786 bits per heavy atom. The van der Waals surface area contributed by atoms with Gasteiger partial charge in [-0.3, -0.25) is 0 Å². The van der Waals surface area contributed by atoms with Crippen molar-refractivity contribution in [1.82, 2.24) is 0 Å². The number of aliphatic hydroxyl groups is 11. The summed E-state index contributed by atoms with van der Waals surface area (Å²) in [4.78, 5) is 0. The molecular formula is C27H48O15. The SMILES string of the molecule is CC(C)(O)C1CCC2(CO)C(O)CCC(C)(O)C2C1O[C@@H]1O[C@H](CO[C@@H]2O[C@H](CO)[C@@H](O)[C@H](O)[C@H]2O)[C@@H](O)[C@H](O)[C@H]1O. The van der Waals surface area contributed by atoms with E-state index in [-0.39, 0.29) is 25.7 Å². The third-order valence-electron chi connectivity index (χ3n) is 9.96. The average molecular weight is 613 g/mol. The van der Waals surface area contributed by atoms with Gasteiger partial charge >= 0.3 is 0 Å². The predicted molar refractivity (Wildman–Crippen MR) is 139 cm³/mol. The molecule has 15 heteroatoms. The van der Waals surface area contributed by atoms with Crippen molar-refractivity contribution in [1.29, 1.82) is 0 Å². The van der Waals surface area contributed by atoms with E-state index < -0.39 is 122 Å². The van der Waals surface area contributed by atoms with Crippen LogP contribution in [0.25, 0.3) is 0 Å². The summed E-state index contributed by atoms with van der Waals surface area (Å²) >= 11 is 0. The van der Waals surface area contributed by atoms with E-state index in [1.165, 1.54) is 0 Å². The van der Waals surface area contributed by atoms with Crippen LogP contribution < -0.4 is 0 Å². The number of fused-ring (bicyclic) bond motifs is 1. The highest BCUT2D eigenvalue weighted by Gasteiger charge is 2.64. The van der Waals surface area contributed by atoms with Crippen molar-refractivity contribution >= 4 is 0 Å². The summed E-state index contributed by atoms with van der Waals surface area (Å²) in [6.45, 7) is 2.95. The van der Waals surface area contributed by atoms with E-state index >= 15 is 0 Å². The van der Waals surface area contributed by atoms with Gasteiger partial charge in [-0.25, -0.2) is 0 Å². The third-order valence-corrected chi connectivity index (χ3v) is 9.96. The van der Waals surface area contributed by atoms with Gasteiger partial charge in [-0.15, -0.1) is 0 Å². The van der Waals surface area contributed by atoms with Crippen molar-refractivity contribution in [3.05, 3.63) is 0 Å². The Morgan fingerprint density at radius 3 is 1.93 bits per heavy atom. The van der Waals surface area contributed by atoms with Crippen LogP contribution in [0.3, 0.4) is 0 Å². The molecule has 0 radical (unpaired) electrons. The summed E-state index contributed by atoms with van der Waals surface area (Å²) in [6, 6.07) is 0. The van der Waals surface area contributed by atoms with E-state index in [0.717, 1.165) is 0 Å². The van der Waals surface area contributed by atoms with E-state index in [9.17, 15) is 56.2 Å². The second kappa shape index (κ2) is 12.7. The quantitative estimate of drug-likeness (QED) is 0.124. The largest absolute Gasteiger partial charge is 0.396 e. The molecule has 11 N–H and O–H groups in total. The Bertz CT molecular complexity index is 897. The zero-order valence-corrected chi connectivity index (χ0v) is 24.1. The summed E-state index contributed by atoms with van der Waals surface area (Å²) in [5, 5.41) is 116. The fourth-order valence-corrected chi connectivity index (χ4v) is 7.45. The van der Waals surface area contributed by atoms with Crippen molar-refractivity contribution in [2.75, 3.05) is 19.8 Å². The van der Waals surface area contributed by atoms with E-state index in [1.807, 2.05) is 0 Å². The lowest BCUT2D eigenvalue weighted by Gasteiger charge is -2.61. The van der Waals surface area contributed by atoms with Crippen LogP contribution in [0.1, 0.15) is 46.5 Å². The van der Waals surface area contributed by atoms with Crippen LogP contribution in [0.5, 0.6) is 0 Å². The Labute approximate surface area is 243 Å². The minimum atomic E-state index is -1.81.